The van der Waals surface area contributed by atoms with Gasteiger partial charge in [-0.1, -0.05) is 35.3 Å². The van der Waals surface area contributed by atoms with E-state index >= 15 is 0 Å². The number of rotatable bonds is 8. The van der Waals surface area contributed by atoms with Crippen molar-refractivity contribution in [3.63, 3.8) is 0 Å². The number of benzene rings is 2. The lowest BCUT2D eigenvalue weighted by Gasteiger charge is -2.31. The van der Waals surface area contributed by atoms with Gasteiger partial charge in [-0.15, -0.1) is 0 Å². The molecule has 0 saturated heterocycles. The van der Waals surface area contributed by atoms with Crippen LogP contribution in [0.25, 0.3) is 0 Å². The third-order valence-corrected chi connectivity index (χ3v) is 6.79. The Bertz CT molecular complexity index is 1160. The molecular weight excluding hydrogens is 518 g/mol. The van der Waals surface area contributed by atoms with Gasteiger partial charge in [0.15, 0.2) is 0 Å². The lowest BCUT2D eigenvalue weighted by Crippen LogP contribution is -2.50. The van der Waals surface area contributed by atoms with E-state index in [0.717, 1.165) is 29.4 Å². The monoisotopic (exact) mass is 539 g/mol. The molecule has 2 aromatic rings. The molecule has 0 fully saturated rings. The SMILES string of the molecule is CNC(=O)C(C)N(Cc1c(Cl)cccc1Cl)C(=O)CN(c1cccc(C(F)(F)F)c1)S(C)(=O)=O. The van der Waals surface area contributed by atoms with Crippen LogP contribution in [0.15, 0.2) is 42.5 Å². The molecular formula is C21H22Cl2F3N3O4S. The summed E-state index contributed by atoms with van der Waals surface area (Å²) in [4.78, 5) is 26.6. The van der Waals surface area contributed by atoms with Crippen molar-refractivity contribution < 1.29 is 31.2 Å². The number of nitrogens with one attached hydrogen (secondary N) is 1. The van der Waals surface area contributed by atoms with Crippen molar-refractivity contribution in [3.8, 4) is 0 Å². The smallest absolute Gasteiger partial charge is 0.357 e. The summed E-state index contributed by atoms with van der Waals surface area (Å²) in [6.45, 7) is 0.312. The molecule has 186 valence electrons. The predicted octanol–water partition coefficient (Wildman–Crippen LogP) is 3.94. The Hall–Kier alpha value is -2.50. The van der Waals surface area contributed by atoms with Crippen LogP contribution in [0.2, 0.25) is 10.0 Å². The number of amides is 2. The van der Waals surface area contributed by atoms with Crippen LogP contribution in [0.5, 0.6) is 0 Å². The molecule has 7 nitrogen and oxygen atoms in total. The zero-order chi connectivity index (χ0) is 25.8. The van der Waals surface area contributed by atoms with E-state index in [0.29, 0.717) is 15.9 Å². The van der Waals surface area contributed by atoms with Gasteiger partial charge in [0.1, 0.15) is 12.6 Å². The number of carbonyl (C=O) groups is 2. The highest BCUT2D eigenvalue weighted by Gasteiger charge is 2.33. The van der Waals surface area contributed by atoms with Crippen LogP contribution in [0, 0.1) is 0 Å². The Morgan fingerprint density at radius 1 is 1.09 bits per heavy atom. The molecule has 0 aliphatic heterocycles. The number of alkyl halides is 3. The maximum absolute atomic E-state index is 13.3. The Morgan fingerprint density at radius 2 is 1.65 bits per heavy atom. The highest BCUT2D eigenvalue weighted by atomic mass is 35.5. The van der Waals surface area contributed by atoms with Gasteiger partial charge in [0.25, 0.3) is 0 Å². The van der Waals surface area contributed by atoms with E-state index in [-0.39, 0.29) is 22.3 Å². The molecule has 0 aromatic heterocycles. The highest BCUT2D eigenvalue weighted by Crippen LogP contribution is 2.32. The molecule has 1 N–H and O–H groups in total. The fourth-order valence-electron chi connectivity index (χ4n) is 3.10. The van der Waals surface area contributed by atoms with E-state index in [1.807, 2.05) is 0 Å². The number of halogens is 5. The van der Waals surface area contributed by atoms with Crippen molar-refractivity contribution in [1.82, 2.24) is 10.2 Å². The van der Waals surface area contributed by atoms with Crippen LogP contribution >= 0.6 is 23.2 Å². The van der Waals surface area contributed by atoms with Gasteiger partial charge in [-0.25, -0.2) is 8.42 Å². The minimum atomic E-state index is -4.72. The van der Waals surface area contributed by atoms with Crippen molar-refractivity contribution in [1.29, 1.82) is 0 Å². The molecule has 2 amide bonds. The second-order valence-electron chi connectivity index (χ2n) is 7.33. The minimum Gasteiger partial charge on any atom is -0.357 e. The zero-order valence-corrected chi connectivity index (χ0v) is 20.7. The van der Waals surface area contributed by atoms with Gasteiger partial charge in [0.05, 0.1) is 17.5 Å². The van der Waals surface area contributed by atoms with E-state index < -0.39 is 46.2 Å². The van der Waals surface area contributed by atoms with Crippen LogP contribution < -0.4 is 9.62 Å². The third kappa shape index (κ3) is 6.77. The number of anilines is 1. The van der Waals surface area contributed by atoms with E-state index in [1.54, 1.807) is 6.07 Å². The summed E-state index contributed by atoms with van der Waals surface area (Å²) >= 11 is 12.4. The first-order valence-corrected chi connectivity index (χ1v) is 12.4. The summed E-state index contributed by atoms with van der Waals surface area (Å²) in [7, 11) is -2.83. The summed E-state index contributed by atoms with van der Waals surface area (Å²) in [6, 6.07) is 7.16. The maximum Gasteiger partial charge on any atom is 0.416 e. The topological polar surface area (TPSA) is 86.8 Å². The molecule has 0 radical (unpaired) electrons. The standard InChI is InChI=1S/C21H22Cl2F3N3O4S/c1-13(20(31)27-2)28(11-16-17(22)8-5-9-18(16)23)19(30)12-29(34(3,32)33)15-7-4-6-14(10-15)21(24,25)26/h4-10,13H,11-12H2,1-3H3,(H,27,31). The normalized spacial score (nSPS) is 12.7. The van der Waals surface area contributed by atoms with Gasteiger partial charge in [-0.2, -0.15) is 13.2 Å². The maximum atomic E-state index is 13.3. The summed E-state index contributed by atoms with van der Waals surface area (Å²) in [5.41, 5.74) is -1.11. The van der Waals surface area contributed by atoms with Gasteiger partial charge >= 0.3 is 6.18 Å². The zero-order valence-electron chi connectivity index (χ0n) is 18.4. The van der Waals surface area contributed by atoms with Crippen molar-refractivity contribution in [2.45, 2.75) is 25.7 Å². The number of likely N-dealkylation sites (N-methyl/N-ethyl adjacent to an activating group) is 1. The number of hydrogen-bond acceptors (Lipinski definition) is 4. The fraction of sp³-hybridized carbons (Fsp3) is 0.333. The molecule has 0 saturated carbocycles. The van der Waals surface area contributed by atoms with Crippen LogP contribution in [-0.4, -0.2) is 51.0 Å². The molecule has 13 heteroatoms. The van der Waals surface area contributed by atoms with Gasteiger partial charge in [-0.05, 0) is 37.3 Å². The van der Waals surface area contributed by atoms with Crippen molar-refractivity contribution in [3.05, 3.63) is 63.6 Å². The van der Waals surface area contributed by atoms with Gasteiger partial charge < -0.3 is 10.2 Å². The molecule has 2 aromatic carbocycles. The summed E-state index contributed by atoms with van der Waals surface area (Å²) in [5.74, 6) is -1.41. The fourth-order valence-corrected chi connectivity index (χ4v) is 4.45. The van der Waals surface area contributed by atoms with Gasteiger partial charge in [-0.3, -0.25) is 13.9 Å². The Morgan fingerprint density at radius 3 is 2.15 bits per heavy atom. The molecule has 0 heterocycles. The van der Waals surface area contributed by atoms with E-state index in [4.69, 9.17) is 23.2 Å². The number of hydrogen-bond donors (Lipinski definition) is 1. The van der Waals surface area contributed by atoms with E-state index in [2.05, 4.69) is 5.32 Å². The molecule has 0 bridgehead atoms. The minimum absolute atomic E-state index is 0.215. The Labute approximate surface area is 205 Å². The second-order valence-corrected chi connectivity index (χ2v) is 10.1. The lowest BCUT2D eigenvalue weighted by molar-refractivity contribution is -0.139. The first kappa shape index (κ1) is 27.7. The van der Waals surface area contributed by atoms with Crippen molar-refractivity contribution in [2.75, 3.05) is 24.2 Å². The van der Waals surface area contributed by atoms with Crippen molar-refractivity contribution >= 4 is 50.7 Å². The second kappa shape index (κ2) is 10.8. The number of nitrogens with zero attached hydrogens (tertiary/aromatic N) is 2. The first-order chi connectivity index (χ1) is 15.7. The van der Waals surface area contributed by atoms with Gasteiger partial charge in [0, 0.05) is 29.2 Å². The lowest BCUT2D eigenvalue weighted by atomic mass is 10.1. The molecule has 0 spiro atoms. The Kier molecular flexibility index (Phi) is 8.84. The van der Waals surface area contributed by atoms with Crippen LogP contribution in [-0.2, 0) is 32.3 Å². The van der Waals surface area contributed by atoms with E-state index in [9.17, 15) is 31.2 Å². The molecule has 0 aliphatic rings. The number of sulfonamides is 1. The Balaban J connectivity index is 2.49. The van der Waals surface area contributed by atoms with Crippen LogP contribution in [0.4, 0.5) is 18.9 Å². The number of carbonyl (C=O) groups excluding carboxylic acids is 2. The summed E-state index contributed by atoms with van der Waals surface area (Å²) in [5, 5.41) is 2.83. The summed E-state index contributed by atoms with van der Waals surface area (Å²) in [6.07, 6.45) is -3.96. The van der Waals surface area contributed by atoms with Crippen molar-refractivity contribution in [2.24, 2.45) is 0 Å². The van der Waals surface area contributed by atoms with E-state index in [1.165, 1.54) is 26.1 Å². The first-order valence-electron chi connectivity index (χ1n) is 9.75. The average molecular weight is 540 g/mol. The van der Waals surface area contributed by atoms with Gasteiger partial charge in [0.2, 0.25) is 21.8 Å². The summed E-state index contributed by atoms with van der Waals surface area (Å²) < 4.78 is 64.9. The third-order valence-electron chi connectivity index (χ3n) is 4.94. The molecule has 0 aliphatic carbocycles. The van der Waals surface area contributed by atoms with Crippen LogP contribution in [0.1, 0.15) is 18.1 Å². The molecule has 1 atom stereocenters. The molecule has 2 rings (SSSR count). The average Bonchev–Trinajstić information content (AvgIpc) is 2.74. The predicted molar refractivity (Wildman–Crippen MR) is 124 cm³/mol. The molecule has 1 unspecified atom stereocenters. The largest absolute Gasteiger partial charge is 0.416 e. The highest BCUT2D eigenvalue weighted by molar-refractivity contribution is 7.92. The van der Waals surface area contributed by atoms with Crippen LogP contribution in [0.3, 0.4) is 0 Å². The molecule has 34 heavy (non-hydrogen) atoms. The quantitative estimate of drug-likeness (QED) is 0.550.